The Hall–Kier alpha value is -2.85. The summed E-state index contributed by atoms with van der Waals surface area (Å²) < 4.78 is 34.6. The molecule has 0 saturated heterocycles. The lowest BCUT2D eigenvalue weighted by Gasteiger charge is -2.26. The molecule has 0 spiro atoms. The zero-order chi connectivity index (χ0) is 27.3. The van der Waals surface area contributed by atoms with Gasteiger partial charge in [0.25, 0.3) is 0 Å². The van der Waals surface area contributed by atoms with Crippen LogP contribution in [0.25, 0.3) is 12.2 Å². The SMILES string of the molecule is COc1cc(C=C2CC(C)CC(=Cc3cc(OC)c(OC)c(OC)c3Br)C2=NO)c(Br)c(OC)c1OC. The largest absolute Gasteiger partial charge is 0.493 e. The maximum Gasteiger partial charge on any atom is 0.204 e. The second-order valence-electron chi connectivity index (χ2n) is 8.40. The zero-order valence-electron chi connectivity index (χ0n) is 21.9. The van der Waals surface area contributed by atoms with Gasteiger partial charge < -0.3 is 33.6 Å². The molecule has 0 atom stereocenters. The van der Waals surface area contributed by atoms with E-state index in [0.717, 1.165) is 35.1 Å². The molecule has 2 aromatic carbocycles. The van der Waals surface area contributed by atoms with Crippen LogP contribution >= 0.6 is 31.9 Å². The molecule has 0 aromatic heterocycles. The summed E-state index contributed by atoms with van der Waals surface area (Å²) in [5.74, 6) is 3.34. The van der Waals surface area contributed by atoms with Gasteiger partial charge in [-0.15, -0.1) is 0 Å². The van der Waals surface area contributed by atoms with Gasteiger partial charge in [0.15, 0.2) is 23.0 Å². The lowest BCUT2D eigenvalue weighted by Crippen LogP contribution is -2.18. The van der Waals surface area contributed by atoms with Crippen molar-refractivity contribution in [2.45, 2.75) is 19.8 Å². The normalized spacial score (nSPS) is 17.5. The Morgan fingerprint density at radius 1 is 0.703 bits per heavy atom. The smallest absolute Gasteiger partial charge is 0.204 e. The summed E-state index contributed by atoms with van der Waals surface area (Å²) in [7, 11) is 9.39. The molecular weight excluding hydrogens is 610 g/mol. The molecular formula is C27H31Br2NO7. The molecule has 0 amide bonds. The average molecular weight is 641 g/mol. The molecule has 3 rings (SSSR count). The van der Waals surface area contributed by atoms with Crippen LogP contribution in [-0.4, -0.2) is 53.6 Å². The molecule has 200 valence electrons. The Kier molecular flexibility index (Phi) is 9.78. The molecule has 10 heteroatoms. The van der Waals surface area contributed by atoms with Crippen molar-refractivity contribution >= 4 is 49.7 Å². The van der Waals surface area contributed by atoms with Gasteiger partial charge >= 0.3 is 0 Å². The van der Waals surface area contributed by atoms with E-state index in [1.807, 2.05) is 24.3 Å². The lowest BCUT2D eigenvalue weighted by atomic mass is 9.80. The van der Waals surface area contributed by atoms with Crippen molar-refractivity contribution in [2.24, 2.45) is 11.1 Å². The third-order valence-electron chi connectivity index (χ3n) is 6.10. The van der Waals surface area contributed by atoms with Crippen LogP contribution in [0.2, 0.25) is 0 Å². The van der Waals surface area contributed by atoms with E-state index in [-0.39, 0.29) is 0 Å². The highest BCUT2D eigenvalue weighted by atomic mass is 79.9. The molecule has 1 aliphatic rings. The summed E-state index contributed by atoms with van der Waals surface area (Å²) >= 11 is 7.27. The summed E-state index contributed by atoms with van der Waals surface area (Å²) in [4.78, 5) is 0. The van der Waals surface area contributed by atoms with Crippen LogP contribution in [-0.2, 0) is 0 Å². The van der Waals surface area contributed by atoms with Gasteiger partial charge in [-0.3, -0.25) is 0 Å². The highest BCUT2D eigenvalue weighted by molar-refractivity contribution is 9.11. The van der Waals surface area contributed by atoms with Gasteiger partial charge in [0, 0.05) is 0 Å². The van der Waals surface area contributed by atoms with E-state index < -0.39 is 0 Å². The second kappa shape index (κ2) is 12.6. The number of rotatable bonds is 8. The molecule has 1 fully saturated rings. The van der Waals surface area contributed by atoms with E-state index in [9.17, 15) is 5.21 Å². The van der Waals surface area contributed by atoms with Gasteiger partial charge in [-0.2, -0.15) is 0 Å². The molecule has 37 heavy (non-hydrogen) atoms. The van der Waals surface area contributed by atoms with Crippen molar-refractivity contribution in [2.75, 3.05) is 42.7 Å². The standard InChI is InChI=1S/C27H31Br2NO7/c1-14-8-17(10-15-12-19(32-2)24(34-4)26(36-6)21(15)28)23(30-31)18(9-14)11-16-13-20(33-3)25(35-5)27(37-7)22(16)29/h10-14,31H,8-9H2,1-7H3. The third kappa shape index (κ3) is 5.70. The molecule has 2 aromatic rings. The van der Waals surface area contributed by atoms with Crippen LogP contribution in [0.15, 0.2) is 37.4 Å². The second-order valence-corrected chi connectivity index (χ2v) is 9.98. The third-order valence-corrected chi connectivity index (χ3v) is 7.74. The van der Waals surface area contributed by atoms with Gasteiger partial charge in [-0.25, -0.2) is 0 Å². The first-order chi connectivity index (χ1) is 17.8. The molecule has 0 radical (unpaired) electrons. The highest BCUT2D eigenvalue weighted by Crippen LogP contribution is 2.47. The maximum absolute atomic E-state index is 10.1. The molecule has 0 unspecified atom stereocenters. The number of benzene rings is 2. The first-order valence-corrected chi connectivity index (χ1v) is 13.0. The summed E-state index contributed by atoms with van der Waals surface area (Å²) in [6.45, 7) is 2.16. The van der Waals surface area contributed by atoms with Crippen LogP contribution in [0, 0.1) is 5.92 Å². The van der Waals surface area contributed by atoms with Gasteiger partial charge in [0.2, 0.25) is 11.5 Å². The number of nitrogens with zero attached hydrogens (tertiary/aromatic N) is 1. The van der Waals surface area contributed by atoms with E-state index >= 15 is 0 Å². The van der Waals surface area contributed by atoms with Crippen molar-refractivity contribution < 1.29 is 33.6 Å². The number of allylic oxidation sites excluding steroid dienone is 2. The topological polar surface area (TPSA) is 88.0 Å². The molecule has 8 nitrogen and oxygen atoms in total. The van der Waals surface area contributed by atoms with E-state index in [0.29, 0.717) is 55.1 Å². The number of methoxy groups -OCH3 is 6. The predicted molar refractivity (Wildman–Crippen MR) is 151 cm³/mol. The maximum atomic E-state index is 10.1. The van der Waals surface area contributed by atoms with Crippen LogP contribution in [0.5, 0.6) is 34.5 Å². The van der Waals surface area contributed by atoms with Gasteiger partial charge in [0.1, 0.15) is 5.71 Å². The van der Waals surface area contributed by atoms with E-state index in [2.05, 4.69) is 43.9 Å². The minimum atomic E-state index is 0.296. The number of hydrogen-bond donors (Lipinski definition) is 1. The number of halogens is 2. The molecule has 0 aliphatic heterocycles. The highest BCUT2D eigenvalue weighted by Gasteiger charge is 2.27. The first kappa shape index (κ1) is 28.7. The van der Waals surface area contributed by atoms with Crippen LogP contribution < -0.4 is 28.4 Å². The quantitative estimate of drug-likeness (QED) is 0.246. The minimum Gasteiger partial charge on any atom is -0.493 e. The minimum absolute atomic E-state index is 0.296. The van der Waals surface area contributed by atoms with Crippen molar-refractivity contribution in [1.29, 1.82) is 0 Å². The van der Waals surface area contributed by atoms with Crippen molar-refractivity contribution in [3.63, 3.8) is 0 Å². The predicted octanol–water partition coefficient (Wildman–Crippen LogP) is 6.99. The summed E-state index contributed by atoms with van der Waals surface area (Å²) in [6.07, 6.45) is 5.38. The molecule has 1 N–H and O–H groups in total. The fourth-order valence-corrected chi connectivity index (χ4v) is 5.61. The number of ether oxygens (including phenoxy) is 6. The van der Waals surface area contributed by atoms with E-state index in [1.165, 1.54) is 0 Å². The molecule has 1 aliphatic carbocycles. The lowest BCUT2D eigenvalue weighted by molar-refractivity contribution is 0.318. The number of oxime groups is 1. The number of hydrogen-bond acceptors (Lipinski definition) is 8. The molecule has 0 bridgehead atoms. The molecule has 0 heterocycles. The fraction of sp³-hybridized carbons (Fsp3) is 0.370. The first-order valence-electron chi connectivity index (χ1n) is 11.4. The van der Waals surface area contributed by atoms with Gasteiger partial charge in [-0.05, 0) is 97.2 Å². The summed E-state index contributed by atoms with van der Waals surface area (Å²) in [5, 5.41) is 13.8. The average Bonchev–Trinajstić information content (AvgIpc) is 2.89. The van der Waals surface area contributed by atoms with Crippen molar-refractivity contribution in [1.82, 2.24) is 0 Å². The van der Waals surface area contributed by atoms with E-state index in [1.54, 1.807) is 42.7 Å². The Labute approximate surface area is 234 Å². The van der Waals surface area contributed by atoms with Crippen LogP contribution in [0.3, 0.4) is 0 Å². The molecule has 1 saturated carbocycles. The monoisotopic (exact) mass is 639 g/mol. The summed E-state index contributed by atoms with van der Waals surface area (Å²) in [6, 6.07) is 3.71. The van der Waals surface area contributed by atoms with Crippen LogP contribution in [0.4, 0.5) is 0 Å². The van der Waals surface area contributed by atoms with Crippen molar-refractivity contribution in [3.05, 3.63) is 43.4 Å². The Bertz CT molecular complexity index is 1160. The van der Waals surface area contributed by atoms with Crippen molar-refractivity contribution in [3.8, 4) is 34.5 Å². The Morgan fingerprint density at radius 3 is 1.38 bits per heavy atom. The van der Waals surface area contributed by atoms with Gasteiger partial charge in [-0.1, -0.05) is 12.1 Å². The Balaban J connectivity index is 2.18. The fourth-order valence-electron chi connectivity index (χ4n) is 4.47. The Morgan fingerprint density at radius 2 is 1.08 bits per heavy atom. The van der Waals surface area contributed by atoms with E-state index in [4.69, 9.17) is 28.4 Å². The van der Waals surface area contributed by atoms with Crippen LogP contribution in [0.1, 0.15) is 30.9 Å². The summed E-state index contributed by atoms with van der Waals surface area (Å²) in [5.41, 5.74) is 3.83. The zero-order valence-corrected chi connectivity index (χ0v) is 25.1. The van der Waals surface area contributed by atoms with Gasteiger partial charge in [0.05, 0.1) is 51.6 Å².